The van der Waals surface area contributed by atoms with E-state index in [2.05, 4.69) is 47.6 Å². The van der Waals surface area contributed by atoms with Crippen LogP contribution in [0.15, 0.2) is 60.3 Å². The second-order valence-corrected chi connectivity index (χ2v) is 9.91. The van der Waals surface area contributed by atoms with E-state index in [0.29, 0.717) is 11.6 Å². The lowest BCUT2D eigenvalue weighted by Crippen LogP contribution is -2.27. The maximum Gasteiger partial charge on any atom is 0.331 e. The fourth-order valence-corrected chi connectivity index (χ4v) is 5.06. The second kappa shape index (κ2) is 10.9. The lowest BCUT2D eigenvalue weighted by atomic mass is 9.83. The Hall–Kier alpha value is -3.73. The minimum atomic E-state index is -0.954. The number of nitrogens with one attached hydrogen (secondary N) is 1. The Bertz CT molecular complexity index is 1300. The average molecular weight is 483 g/mol. The van der Waals surface area contributed by atoms with Crippen molar-refractivity contribution in [3.63, 3.8) is 0 Å². The number of rotatable bonds is 7. The fraction of sp³-hybridized carbons (Fsp3) is 0.323. The van der Waals surface area contributed by atoms with Gasteiger partial charge in [0.05, 0.1) is 5.92 Å². The first-order chi connectivity index (χ1) is 17.2. The van der Waals surface area contributed by atoms with Gasteiger partial charge < -0.3 is 10.4 Å². The highest BCUT2D eigenvalue weighted by Crippen LogP contribution is 2.39. The van der Waals surface area contributed by atoms with Crippen LogP contribution in [0.25, 0.3) is 17.2 Å². The molecule has 0 spiro atoms. The number of hydrogen-bond acceptors (Lipinski definition) is 3. The van der Waals surface area contributed by atoms with Crippen molar-refractivity contribution < 1.29 is 14.7 Å². The normalized spacial score (nSPS) is 15.1. The van der Waals surface area contributed by atoms with Crippen LogP contribution in [0.3, 0.4) is 0 Å². The third-order valence-electron chi connectivity index (χ3n) is 7.44. The van der Waals surface area contributed by atoms with E-state index < -0.39 is 5.97 Å². The van der Waals surface area contributed by atoms with Gasteiger partial charge in [0.1, 0.15) is 0 Å². The molecule has 1 atom stereocenters. The van der Waals surface area contributed by atoms with Crippen molar-refractivity contribution in [3.05, 3.63) is 88.2 Å². The molecule has 1 aromatic heterocycles. The Labute approximate surface area is 213 Å². The van der Waals surface area contributed by atoms with E-state index in [0.717, 1.165) is 64.8 Å². The molecule has 2 aromatic carbocycles. The lowest BCUT2D eigenvalue weighted by molar-refractivity contribution is -0.132. The van der Waals surface area contributed by atoms with Crippen LogP contribution in [0.4, 0.5) is 5.69 Å². The maximum atomic E-state index is 13.7. The Morgan fingerprint density at radius 1 is 1.03 bits per heavy atom. The number of aromatic nitrogens is 1. The molecule has 1 saturated carbocycles. The monoisotopic (exact) mass is 482 g/mol. The number of carboxylic acids is 1. The molecule has 1 aliphatic carbocycles. The van der Waals surface area contributed by atoms with Crippen molar-refractivity contribution in [1.82, 2.24) is 4.98 Å². The number of aliphatic carboxylic acids is 1. The van der Waals surface area contributed by atoms with Crippen LogP contribution in [0.2, 0.25) is 0 Å². The van der Waals surface area contributed by atoms with Crippen molar-refractivity contribution >= 4 is 23.6 Å². The molecule has 2 N–H and O–H groups in total. The molecule has 5 nitrogen and oxygen atoms in total. The van der Waals surface area contributed by atoms with Crippen LogP contribution in [0.5, 0.6) is 0 Å². The van der Waals surface area contributed by atoms with Crippen LogP contribution in [-0.2, 0) is 9.59 Å². The van der Waals surface area contributed by atoms with Crippen LogP contribution in [0.1, 0.15) is 66.5 Å². The number of nitrogens with zero attached hydrogens (tertiary/aromatic N) is 1. The molecule has 1 amide bonds. The lowest BCUT2D eigenvalue weighted by Gasteiger charge is -2.24. The first kappa shape index (κ1) is 25.4. The molecular formula is C31H34N2O3. The zero-order valence-electron chi connectivity index (χ0n) is 21.5. The van der Waals surface area contributed by atoms with Gasteiger partial charge in [0.15, 0.2) is 0 Å². The van der Waals surface area contributed by atoms with Gasteiger partial charge >= 0.3 is 5.97 Å². The molecule has 1 unspecified atom stereocenters. The molecule has 1 fully saturated rings. The van der Waals surface area contributed by atoms with Gasteiger partial charge in [0.2, 0.25) is 5.91 Å². The molecule has 186 valence electrons. The number of carboxylic acid groups (broad SMARTS) is 1. The zero-order chi connectivity index (χ0) is 25.8. The third-order valence-corrected chi connectivity index (χ3v) is 7.44. The number of carbonyl (C=O) groups is 2. The largest absolute Gasteiger partial charge is 0.478 e. The molecule has 5 heteroatoms. The summed E-state index contributed by atoms with van der Waals surface area (Å²) in [4.78, 5) is 29.5. The number of benzene rings is 2. The van der Waals surface area contributed by atoms with E-state index in [-0.39, 0.29) is 17.4 Å². The molecule has 36 heavy (non-hydrogen) atoms. The number of carbonyl (C=O) groups excluding carboxylic acids is 1. The van der Waals surface area contributed by atoms with Gasteiger partial charge in [-0.1, -0.05) is 49.2 Å². The molecule has 4 rings (SSSR count). The van der Waals surface area contributed by atoms with E-state index in [1.54, 1.807) is 13.0 Å². The summed E-state index contributed by atoms with van der Waals surface area (Å²) < 4.78 is 0. The maximum absolute atomic E-state index is 13.7. The topological polar surface area (TPSA) is 79.3 Å². The Morgan fingerprint density at radius 2 is 1.72 bits per heavy atom. The quantitative estimate of drug-likeness (QED) is 0.353. The van der Waals surface area contributed by atoms with Crippen LogP contribution < -0.4 is 5.32 Å². The highest BCUT2D eigenvalue weighted by molar-refractivity contribution is 5.98. The fourth-order valence-electron chi connectivity index (χ4n) is 5.06. The van der Waals surface area contributed by atoms with E-state index in [1.165, 1.54) is 0 Å². The smallest absolute Gasteiger partial charge is 0.331 e. The summed E-state index contributed by atoms with van der Waals surface area (Å²) in [5.41, 5.74) is 7.98. The van der Waals surface area contributed by atoms with Crippen molar-refractivity contribution in [2.45, 2.75) is 59.3 Å². The summed E-state index contributed by atoms with van der Waals surface area (Å²) in [7, 11) is 0. The highest BCUT2D eigenvalue weighted by Gasteiger charge is 2.32. The molecule has 3 aromatic rings. The predicted molar refractivity (Wildman–Crippen MR) is 145 cm³/mol. The van der Waals surface area contributed by atoms with E-state index in [9.17, 15) is 14.7 Å². The Balaban J connectivity index is 1.61. The van der Waals surface area contributed by atoms with Gasteiger partial charge in [-0.2, -0.15) is 0 Å². The molecule has 0 bridgehead atoms. The van der Waals surface area contributed by atoms with Crippen molar-refractivity contribution in [2.75, 3.05) is 5.32 Å². The molecular weight excluding hydrogens is 448 g/mol. The molecule has 1 aliphatic rings. The predicted octanol–water partition coefficient (Wildman–Crippen LogP) is 7.07. The Morgan fingerprint density at radius 3 is 2.36 bits per heavy atom. The van der Waals surface area contributed by atoms with E-state index in [1.807, 2.05) is 38.2 Å². The molecule has 0 radical (unpaired) electrons. The summed E-state index contributed by atoms with van der Waals surface area (Å²) in [6.07, 6.45) is 7.92. The van der Waals surface area contributed by atoms with Crippen molar-refractivity contribution in [1.29, 1.82) is 0 Å². The highest BCUT2D eigenvalue weighted by atomic mass is 16.4. The van der Waals surface area contributed by atoms with Crippen LogP contribution in [-0.4, -0.2) is 22.0 Å². The van der Waals surface area contributed by atoms with Crippen molar-refractivity contribution in [2.24, 2.45) is 5.92 Å². The van der Waals surface area contributed by atoms with E-state index >= 15 is 0 Å². The van der Waals surface area contributed by atoms with Gasteiger partial charge in [-0.3, -0.25) is 9.78 Å². The summed E-state index contributed by atoms with van der Waals surface area (Å²) in [6.45, 7) is 7.55. The zero-order valence-corrected chi connectivity index (χ0v) is 21.5. The first-order valence-corrected chi connectivity index (χ1v) is 12.6. The number of aryl methyl sites for hydroxylation is 2. The summed E-state index contributed by atoms with van der Waals surface area (Å²) >= 11 is 0. The van der Waals surface area contributed by atoms with Gasteiger partial charge in [0.25, 0.3) is 0 Å². The SMILES string of the molecule is C/C(=C\c1cccc(NC(=O)C(c2ccc(-c3cnc(C)c(C)c3)cc2)C2CCCC2)c1C)C(=O)O. The number of pyridine rings is 1. The Kier molecular flexibility index (Phi) is 7.68. The molecule has 1 heterocycles. The second-order valence-electron chi connectivity index (χ2n) is 9.91. The number of hydrogen-bond donors (Lipinski definition) is 2. The van der Waals surface area contributed by atoms with Gasteiger partial charge in [0, 0.05) is 28.7 Å². The molecule has 0 aliphatic heterocycles. The van der Waals surface area contributed by atoms with Gasteiger partial charge in [-0.25, -0.2) is 4.79 Å². The standard InChI is InChI=1S/C31H34N2O3/c1-19-16-27(18-32-22(19)4)23-12-14-25(15-13-23)29(24-8-5-6-9-24)30(34)33-28-11-7-10-26(21(28)3)17-20(2)31(35)36/h7,10-18,24,29H,5-6,8-9H2,1-4H3,(H,33,34)(H,35,36)/b20-17+. The summed E-state index contributed by atoms with van der Waals surface area (Å²) in [5.74, 6) is -0.901. The molecule has 0 saturated heterocycles. The van der Waals surface area contributed by atoms with Gasteiger partial charge in [-0.15, -0.1) is 0 Å². The number of anilines is 1. The van der Waals surface area contributed by atoms with Crippen LogP contribution in [0, 0.1) is 26.7 Å². The van der Waals surface area contributed by atoms with Gasteiger partial charge in [-0.05, 0) is 92.5 Å². The summed E-state index contributed by atoms with van der Waals surface area (Å²) in [6, 6.07) is 16.1. The van der Waals surface area contributed by atoms with E-state index in [4.69, 9.17) is 0 Å². The first-order valence-electron chi connectivity index (χ1n) is 12.6. The summed E-state index contributed by atoms with van der Waals surface area (Å²) in [5, 5.41) is 12.4. The number of amides is 1. The minimum Gasteiger partial charge on any atom is -0.478 e. The average Bonchev–Trinajstić information content (AvgIpc) is 3.38. The van der Waals surface area contributed by atoms with Crippen LogP contribution >= 0.6 is 0 Å². The van der Waals surface area contributed by atoms with Crippen molar-refractivity contribution in [3.8, 4) is 11.1 Å². The minimum absolute atomic E-state index is 0.0123. The third kappa shape index (κ3) is 5.56.